The maximum absolute atomic E-state index is 11.7. The predicted octanol–water partition coefficient (Wildman–Crippen LogP) is 19.3. The number of aliphatic imine (C=N–C) groups is 4. The first-order chi connectivity index (χ1) is 49.9. The summed E-state index contributed by atoms with van der Waals surface area (Å²) in [7, 11) is -2.54. The van der Waals surface area contributed by atoms with E-state index < -0.39 is 22.9 Å². The van der Waals surface area contributed by atoms with Crippen LogP contribution in [0.15, 0.2) is 233 Å². The molecule has 0 saturated carbocycles. The molecule has 4 aliphatic rings. The lowest BCUT2D eigenvalue weighted by atomic mass is 9.98. The highest BCUT2D eigenvalue weighted by molar-refractivity contribution is 9.10. The van der Waals surface area contributed by atoms with E-state index in [1.807, 2.05) is 148 Å². The number of nitrogens with one attached hydrogen (secondary N) is 1. The van der Waals surface area contributed by atoms with Crippen molar-refractivity contribution in [1.29, 1.82) is 0 Å². The quantitative estimate of drug-likeness (QED) is 0.0713. The second-order valence-corrected chi connectivity index (χ2v) is 39.6. The van der Waals surface area contributed by atoms with Crippen LogP contribution in [0.25, 0.3) is 17.1 Å². The van der Waals surface area contributed by atoms with Gasteiger partial charge in [0.15, 0.2) is 17.5 Å². The number of hydrogen-bond acceptors (Lipinski definition) is 14. The van der Waals surface area contributed by atoms with Crippen molar-refractivity contribution in [2.45, 2.75) is 102 Å². The Labute approximate surface area is 649 Å². The first kappa shape index (κ1) is 83.4. The highest BCUT2D eigenvalue weighted by Crippen LogP contribution is 2.53. The van der Waals surface area contributed by atoms with Crippen molar-refractivity contribution in [2.75, 3.05) is 11.9 Å². The number of hydrogen-bond donors (Lipinski definition) is 1. The molecule has 0 bridgehead atoms. The van der Waals surface area contributed by atoms with E-state index in [9.17, 15) is 9.36 Å². The number of benzodiazepines with no additional fused rings is 1. The van der Waals surface area contributed by atoms with E-state index in [1.54, 1.807) is 9.89 Å². The van der Waals surface area contributed by atoms with Crippen LogP contribution in [0.1, 0.15) is 113 Å². The lowest BCUT2D eigenvalue weighted by Gasteiger charge is -2.13. The van der Waals surface area contributed by atoms with Gasteiger partial charge in [0.1, 0.15) is 59.8 Å². The van der Waals surface area contributed by atoms with E-state index in [0.29, 0.717) is 19.6 Å². The largest absolute Gasteiger partial charge is 0.460 e. The zero-order valence-electron chi connectivity index (χ0n) is 58.4. The fourth-order valence-corrected chi connectivity index (χ4v) is 12.2. The number of amides is 1. The molecule has 0 radical (unpaired) electrons. The first-order valence-electron chi connectivity index (χ1n) is 32.6. The average Bonchev–Trinajstić information content (AvgIpc) is 1.72. The van der Waals surface area contributed by atoms with Crippen LogP contribution in [0.4, 0.5) is 5.69 Å². The number of carbonyl (C=O) groups is 1. The van der Waals surface area contributed by atoms with Crippen LogP contribution >= 0.6 is 49.9 Å². The third-order valence-electron chi connectivity index (χ3n) is 15.7. The van der Waals surface area contributed by atoms with E-state index in [2.05, 4.69) is 227 Å². The number of fused-ring (bicyclic) bond motifs is 10. The SMILES string of the molecule is C.C.C.C#C[Si](C)(C)C.C#Cc1ccc2c(c1)C(c1ccccc1)=NCc1nnc(C)n1-2.Cc1nnc2n1-c1ccc(Br)cc1C(c1ccccc1)=NC2.Cc1nnc2n1-c1ccc(C#C[Si](C)(C)C)cc1C(c1ccccc1)=NC2.O=C1CN=C(c2ccccc2)c2cc(Br)ccc2N1.O=NP(=O)(Cl)N=O. The van der Waals surface area contributed by atoms with Gasteiger partial charge in [0.25, 0.3) is 0 Å². The molecule has 4 aliphatic heterocycles. The topological polar surface area (TPSA) is 247 Å². The number of rotatable bonds is 6. The van der Waals surface area contributed by atoms with Gasteiger partial charge in [0, 0.05) is 74.5 Å². The molecule has 544 valence electrons. The number of nitroso groups, excluding NO2 is 2. The molecular formula is C81H82Br2ClN16O4PSi2. The summed E-state index contributed by atoms with van der Waals surface area (Å²) in [6, 6.07) is 65.0. The highest BCUT2D eigenvalue weighted by atomic mass is 79.9. The van der Waals surface area contributed by atoms with Crippen LogP contribution in [0.2, 0.25) is 39.3 Å². The Hall–Kier alpha value is -10.9. The minimum atomic E-state index is -4.04. The molecule has 0 fully saturated rings. The Morgan fingerprint density at radius 3 is 1.14 bits per heavy atom. The molecule has 1 N–H and O–H groups in total. The third kappa shape index (κ3) is 21.2. The van der Waals surface area contributed by atoms with Gasteiger partial charge < -0.3 is 5.32 Å². The van der Waals surface area contributed by atoms with Crippen LogP contribution in [0, 0.1) is 66.4 Å². The minimum Gasteiger partial charge on any atom is -0.324 e. The number of benzene rings is 8. The Morgan fingerprint density at radius 1 is 0.458 bits per heavy atom. The summed E-state index contributed by atoms with van der Waals surface area (Å²) in [6.07, 6.45) is 10.7. The van der Waals surface area contributed by atoms with Crippen molar-refractivity contribution in [2.24, 2.45) is 29.9 Å². The molecule has 0 atom stereocenters. The summed E-state index contributed by atoms with van der Waals surface area (Å²) in [4.78, 5) is 52.3. The normalized spacial score (nSPS) is 12.4. The van der Waals surface area contributed by atoms with Gasteiger partial charge in [-0.25, -0.2) is 4.57 Å². The molecule has 11 aromatic rings. The van der Waals surface area contributed by atoms with E-state index in [-0.39, 0.29) is 34.7 Å². The third-order valence-corrected chi connectivity index (χ3v) is 19.2. The zero-order valence-corrected chi connectivity index (χ0v) is 65.2. The van der Waals surface area contributed by atoms with E-state index >= 15 is 0 Å². The van der Waals surface area contributed by atoms with Crippen molar-refractivity contribution >= 4 is 100 Å². The molecule has 7 heterocycles. The molecule has 20 nitrogen and oxygen atoms in total. The van der Waals surface area contributed by atoms with Gasteiger partial charge in [-0.3, -0.25) is 38.5 Å². The predicted molar refractivity (Wildman–Crippen MR) is 449 cm³/mol. The number of carbonyl (C=O) groups excluding carboxylic acids is 1. The van der Waals surface area contributed by atoms with Gasteiger partial charge in [0.05, 0.1) is 45.6 Å². The summed E-state index contributed by atoms with van der Waals surface area (Å²) >= 11 is 11.5. The molecule has 8 aromatic carbocycles. The summed E-state index contributed by atoms with van der Waals surface area (Å²) in [6.45, 7) is 16.7. The summed E-state index contributed by atoms with van der Waals surface area (Å²) in [5.74, 6) is 11.2. The lowest BCUT2D eigenvalue weighted by Crippen LogP contribution is -2.16. The second kappa shape index (κ2) is 37.4. The molecular weight excluding hydrogens is 1540 g/mol. The van der Waals surface area contributed by atoms with Crippen LogP contribution in [-0.2, 0) is 29.0 Å². The van der Waals surface area contributed by atoms with Gasteiger partial charge in [-0.15, -0.1) is 64.3 Å². The van der Waals surface area contributed by atoms with Crippen LogP contribution < -0.4 is 5.32 Å². The molecule has 1 amide bonds. The first-order valence-corrected chi connectivity index (χ1v) is 43.8. The van der Waals surface area contributed by atoms with Gasteiger partial charge in [0.2, 0.25) is 5.91 Å². The van der Waals surface area contributed by atoms with E-state index in [1.165, 1.54) is 0 Å². The van der Waals surface area contributed by atoms with Crippen molar-refractivity contribution in [1.82, 2.24) is 44.3 Å². The van der Waals surface area contributed by atoms with Crippen LogP contribution in [0.5, 0.6) is 0 Å². The number of terminal acetylenes is 2. The number of nitrogens with zero attached hydrogens (tertiary/aromatic N) is 15. The van der Waals surface area contributed by atoms with Gasteiger partial charge in [-0.2, -0.15) is 0 Å². The van der Waals surface area contributed by atoms with Crippen LogP contribution in [0.3, 0.4) is 0 Å². The molecule has 0 spiro atoms. The van der Waals surface area contributed by atoms with Crippen molar-refractivity contribution < 1.29 is 9.36 Å². The molecule has 0 unspecified atom stereocenters. The van der Waals surface area contributed by atoms with Crippen molar-refractivity contribution in [3.63, 3.8) is 0 Å². The molecule has 3 aromatic heterocycles. The van der Waals surface area contributed by atoms with E-state index in [4.69, 9.17) is 37.6 Å². The number of aromatic nitrogens is 9. The fourth-order valence-electron chi connectivity index (χ4n) is 11.0. The molecule has 0 saturated heterocycles. The van der Waals surface area contributed by atoms with Crippen molar-refractivity contribution in [3.05, 3.63) is 303 Å². The smallest absolute Gasteiger partial charge is 0.324 e. The lowest BCUT2D eigenvalue weighted by molar-refractivity contribution is -0.114. The average molecular weight is 1630 g/mol. The molecule has 107 heavy (non-hydrogen) atoms. The minimum absolute atomic E-state index is 0. The Kier molecular flexibility index (Phi) is 29.1. The standard InChI is InChI=1S/C22H22N4Si.C19H14N4.C17H13BrN4.C15H11BrN2O.C5H10Si.3CH4.ClN2O3P/c1-16-24-25-21-15-23-22(18-8-6-5-7-9-18)19-14-17(12-13-27(2,3)4)10-11-20(19)26(16)21;1-3-14-9-10-17-16(11-14)19(15-7-5-4-6-8-15)20-12-18-22-21-13(2)23(17)18;1-11-20-21-16-10-19-17(12-5-3-2-4-6-12)14-9-13(18)7-8-15(14)22(11)16;16-11-6-7-13-12(8-11)15(17-9-14(19)18-13)10-4-2-1-3-5-10;1-5-6(2,3)4;;;;1-7(6,2-4)3-5/h5-11,14H,15H2,1-4H3;1,4-11H,12H2,2H3;2-9H,10H2,1H3;1-8H,9H2,(H,18,19);1H,2-4H3;3*1H4;. The van der Waals surface area contributed by atoms with Crippen LogP contribution in [-0.4, -0.2) is 95.7 Å². The summed E-state index contributed by atoms with van der Waals surface area (Å²) < 4.78 is 18.0. The van der Waals surface area contributed by atoms with Crippen molar-refractivity contribution in [3.8, 4) is 52.8 Å². The Balaban J connectivity index is 0.000000187. The molecule has 15 rings (SSSR count). The zero-order chi connectivity index (χ0) is 74.3. The van der Waals surface area contributed by atoms with E-state index in [0.717, 1.165) is 145 Å². The van der Waals surface area contributed by atoms with Gasteiger partial charge in [-0.1, -0.05) is 227 Å². The maximum atomic E-state index is 11.7. The monoisotopic (exact) mass is 1620 g/mol. The summed E-state index contributed by atoms with van der Waals surface area (Å²) in [5.41, 5.74) is 24.1. The number of aryl methyl sites for hydroxylation is 3. The highest BCUT2D eigenvalue weighted by Gasteiger charge is 2.26. The summed E-state index contributed by atoms with van der Waals surface area (Å²) in [5, 5.41) is 28.3. The fraction of sp³-hybridized carbons (Fsp3) is 0.198. The molecule has 0 aliphatic carbocycles. The van der Waals surface area contributed by atoms with Gasteiger partial charge in [-0.05, 0) is 105 Å². The number of anilines is 1. The Morgan fingerprint density at radius 2 is 0.785 bits per heavy atom. The number of halogens is 3. The molecule has 26 heteroatoms. The second-order valence-electron chi connectivity index (χ2n) is 25.7. The maximum Gasteiger partial charge on any atom is 0.460 e. The Bertz CT molecular complexity index is 5360. The van der Waals surface area contributed by atoms with Gasteiger partial charge >= 0.3 is 6.80 Å².